The molecular weight excluding hydrogens is 849 g/mol. The zero-order valence-corrected chi connectivity index (χ0v) is 40.6. The van der Waals surface area contributed by atoms with Gasteiger partial charge in [-0.1, -0.05) is 116 Å². The van der Waals surface area contributed by atoms with Crippen molar-refractivity contribution >= 4 is 47.5 Å². The molecule has 0 aromatic heterocycles. The van der Waals surface area contributed by atoms with Crippen LogP contribution in [0.1, 0.15) is 118 Å². The van der Waals surface area contributed by atoms with Gasteiger partial charge < -0.3 is 38.5 Å². The number of esters is 4. The molecule has 4 amide bonds. The topological polar surface area (TPSA) is 186 Å². The Morgan fingerprint density at radius 1 is 0.455 bits per heavy atom. The second-order valence-corrected chi connectivity index (χ2v) is 19.2. The van der Waals surface area contributed by atoms with Crippen molar-refractivity contribution in [3.63, 3.8) is 0 Å². The van der Waals surface area contributed by atoms with E-state index in [2.05, 4.69) is 0 Å². The van der Waals surface area contributed by atoms with Gasteiger partial charge in [0.1, 0.15) is 24.2 Å². The fraction of sp³-hybridized carbons (Fsp3) is 0.600. The number of rotatable bonds is 10. The second-order valence-electron chi connectivity index (χ2n) is 19.2. The van der Waals surface area contributed by atoms with Crippen molar-refractivity contribution in [2.24, 2.45) is 23.7 Å². The maximum atomic E-state index is 14.6. The number of benzene rings is 2. The van der Waals surface area contributed by atoms with Gasteiger partial charge in [0, 0.05) is 45.2 Å². The fourth-order valence-corrected chi connectivity index (χ4v) is 8.27. The lowest BCUT2D eigenvalue weighted by atomic mass is 10.00. The summed E-state index contributed by atoms with van der Waals surface area (Å²) in [7, 11) is 4.16. The van der Waals surface area contributed by atoms with Crippen molar-refractivity contribution in [1.29, 1.82) is 0 Å². The van der Waals surface area contributed by atoms with Crippen LogP contribution < -0.4 is 0 Å². The standard InChI is InChI=1S/C50H70N4O12/c1-29(2)25-36-47(59)63-33(9)43(55)51(10)38(27-31(5)6)49(61)65-41(34-19-15-13-16-20-34)45(57)53(12)37(26-30(3)4)48(60)64-40-23-24-54(44(40)56)39(28-32(7)8)50(62)66-42(46(58)52(36)11)35-21-17-14-18-22-35/h13-22,29-33,36-42H,23-28H2,1-12H3/t33-,36+,37+,38+,39+,40-,41-,42-/m1/s1. The summed E-state index contributed by atoms with van der Waals surface area (Å²) in [5.41, 5.74) is 0.607. The molecule has 2 aliphatic rings. The van der Waals surface area contributed by atoms with Gasteiger partial charge in [-0.15, -0.1) is 0 Å². The van der Waals surface area contributed by atoms with Crippen LogP contribution in [0.5, 0.6) is 0 Å². The molecule has 0 aliphatic carbocycles. The predicted molar refractivity (Wildman–Crippen MR) is 244 cm³/mol. The number of amides is 4. The van der Waals surface area contributed by atoms with E-state index in [0.717, 1.165) is 14.7 Å². The minimum absolute atomic E-state index is 0.0218. The quantitative estimate of drug-likeness (QED) is 0.210. The largest absolute Gasteiger partial charge is 0.451 e. The van der Waals surface area contributed by atoms with Crippen molar-refractivity contribution in [3.05, 3.63) is 71.8 Å². The molecule has 0 spiro atoms. The SMILES string of the molecule is CC(C)C[C@H]1C(=O)O[C@H](c2ccccc2)C(=O)N(C)[C@@H](CC(C)C)C(=O)O[C@@H]2CCN(C2=O)[C@@H](CC(C)C)C(=O)O[C@H](c2ccccc2)C(=O)N(C)[C@@H](CC(C)C)C(=O)O[C@H](C)C(=O)N1C. The summed E-state index contributed by atoms with van der Waals surface area (Å²) in [5, 5.41) is 0. The van der Waals surface area contributed by atoms with Gasteiger partial charge in [-0.25, -0.2) is 19.2 Å². The van der Waals surface area contributed by atoms with Crippen molar-refractivity contribution in [2.75, 3.05) is 27.7 Å². The molecule has 0 saturated carbocycles. The van der Waals surface area contributed by atoms with Crippen molar-refractivity contribution < 1.29 is 57.3 Å². The number of cyclic esters (lactones) is 3. The van der Waals surface area contributed by atoms with E-state index in [1.165, 1.54) is 33.0 Å². The van der Waals surface area contributed by atoms with Crippen molar-refractivity contribution in [2.45, 2.75) is 143 Å². The van der Waals surface area contributed by atoms with Gasteiger partial charge in [0.25, 0.3) is 23.6 Å². The predicted octanol–water partition coefficient (Wildman–Crippen LogP) is 5.68. The average Bonchev–Trinajstić information content (AvgIpc) is 3.63. The van der Waals surface area contributed by atoms with Crippen LogP contribution in [0.25, 0.3) is 0 Å². The Balaban J connectivity index is 1.87. The summed E-state index contributed by atoms with van der Waals surface area (Å²) in [5.74, 6) is -7.04. The van der Waals surface area contributed by atoms with Gasteiger partial charge in [0.2, 0.25) is 12.2 Å². The van der Waals surface area contributed by atoms with E-state index in [0.29, 0.717) is 11.1 Å². The Hall–Kier alpha value is -5.80. The van der Waals surface area contributed by atoms with Gasteiger partial charge >= 0.3 is 23.9 Å². The number of ether oxygens (including phenoxy) is 4. The second kappa shape index (κ2) is 23.6. The van der Waals surface area contributed by atoms with Crippen LogP contribution in [0.3, 0.4) is 0 Å². The van der Waals surface area contributed by atoms with Crippen LogP contribution in [0, 0.1) is 23.7 Å². The van der Waals surface area contributed by atoms with Crippen molar-refractivity contribution in [3.8, 4) is 0 Å². The lowest BCUT2D eigenvalue weighted by Gasteiger charge is -2.35. The normalized spacial score (nSPS) is 26.2. The van der Waals surface area contributed by atoms with E-state index in [4.69, 9.17) is 18.9 Å². The Morgan fingerprint density at radius 3 is 1.18 bits per heavy atom. The van der Waals surface area contributed by atoms with Gasteiger partial charge in [-0.05, 0) is 56.3 Å². The fourth-order valence-electron chi connectivity index (χ4n) is 8.27. The molecule has 0 N–H and O–H groups in total. The number of carbonyl (C=O) groups is 8. The maximum absolute atomic E-state index is 14.6. The summed E-state index contributed by atoms with van der Waals surface area (Å²) in [6.45, 7) is 16.2. The van der Waals surface area contributed by atoms with E-state index in [-0.39, 0.29) is 62.3 Å². The number of likely N-dealkylation sites (N-methyl/N-ethyl adjacent to an activating group) is 3. The molecule has 16 nitrogen and oxygen atoms in total. The van der Waals surface area contributed by atoms with E-state index < -0.39 is 96.1 Å². The number of hydrogen-bond donors (Lipinski definition) is 0. The molecule has 8 atom stereocenters. The lowest BCUT2D eigenvalue weighted by Crippen LogP contribution is -2.52. The van der Waals surface area contributed by atoms with E-state index in [1.807, 2.05) is 55.4 Å². The third-order valence-electron chi connectivity index (χ3n) is 11.9. The highest BCUT2D eigenvalue weighted by molar-refractivity contribution is 5.95. The Kier molecular flexibility index (Phi) is 18.9. The zero-order chi connectivity index (χ0) is 49.2. The first-order chi connectivity index (χ1) is 31.0. The van der Waals surface area contributed by atoms with E-state index in [1.54, 1.807) is 60.7 Å². The molecule has 2 fully saturated rings. The van der Waals surface area contributed by atoms with Gasteiger partial charge in [-0.3, -0.25) is 19.2 Å². The highest BCUT2D eigenvalue weighted by atomic mass is 16.6. The molecule has 2 heterocycles. The highest BCUT2D eigenvalue weighted by Gasteiger charge is 2.46. The molecule has 0 radical (unpaired) electrons. The van der Waals surface area contributed by atoms with E-state index >= 15 is 0 Å². The average molecular weight is 919 g/mol. The summed E-state index contributed by atoms with van der Waals surface area (Å²) in [6.07, 6.45) is -5.37. The molecule has 66 heavy (non-hydrogen) atoms. The first-order valence-electron chi connectivity index (χ1n) is 23.1. The molecule has 2 aromatic rings. The van der Waals surface area contributed by atoms with Gasteiger partial charge in [0.15, 0.2) is 12.2 Å². The molecule has 2 aromatic carbocycles. The highest BCUT2D eigenvalue weighted by Crippen LogP contribution is 2.30. The van der Waals surface area contributed by atoms with E-state index in [9.17, 15) is 38.4 Å². The third-order valence-corrected chi connectivity index (χ3v) is 11.9. The summed E-state index contributed by atoms with van der Waals surface area (Å²) in [4.78, 5) is 120. The smallest absolute Gasteiger partial charge is 0.329 e. The Bertz CT molecular complexity index is 2020. The number of nitrogens with zero attached hydrogens (tertiary/aromatic N) is 4. The van der Waals surface area contributed by atoms with Crippen molar-refractivity contribution in [1.82, 2.24) is 19.6 Å². The van der Waals surface area contributed by atoms with Crippen LogP contribution >= 0.6 is 0 Å². The molecular formula is C50H70N4O12. The van der Waals surface area contributed by atoms with Crippen LogP contribution in [0.4, 0.5) is 0 Å². The third kappa shape index (κ3) is 13.4. The maximum Gasteiger partial charge on any atom is 0.329 e. The summed E-state index contributed by atoms with van der Waals surface area (Å²) >= 11 is 0. The zero-order valence-electron chi connectivity index (χ0n) is 40.6. The van der Waals surface area contributed by atoms with Crippen LogP contribution in [0.15, 0.2) is 60.7 Å². The minimum atomic E-state index is -1.57. The monoisotopic (exact) mass is 918 g/mol. The number of carbonyl (C=O) groups excluding carboxylic acids is 8. The summed E-state index contributed by atoms with van der Waals surface area (Å²) < 4.78 is 23.9. The molecule has 16 heteroatoms. The molecule has 2 saturated heterocycles. The van der Waals surface area contributed by atoms with Crippen LogP contribution in [0.2, 0.25) is 0 Å². The van der Waals surface area contributed by atoms with Crippen LogP contribution in [-0.4, -0.2) is 131 Å². The number of hydrogen-bond acceptors (Lipinski definition) is 12. The first kappa shape index (κ1) is 52.8. The first-order valence-corrected chi connectivity index (χ1v) is 23.1. The Labute approximate surface area is 389 Å². The Morgan fingerprint density at radius 2 is 0.788 bits per heavy atom. The summed E-state index contributed by atoms with van der Waals surface area (Å²) in [6, 6.07) is 11.6. The van der Waals surface area contributed by atoms with Gasteiger partial charge in [-0.2, -0.15) is 0 Å². The minimum Gasteiger partial charge on any atom is -0.451 e. The molecule has 362 valence electrons. The molecule has 0 unspecified atom stereocenters. The van der Waals surface area contributed by atoms with Gasteiger partial charge in [0.05, 0.1) is 0 Å². The lowest BCUT2D eigenvalue weighted by molar-refractivity contribution is -0.176. The molecule has 2 aliphatic heterocycles. The number of fused-ring (bicyclic) bond motifs is 2. The molecule has 2 bridgehead atoms. The van der Waals surface area contributed by atoms with Crippen LogP contribution in [-0.2, 0) is 57.3 Å². The molecule has 4 rings (SSSR count).